The molecule has 9 N–H and O–H groups in total. The summed E-state index contributed by atoms with van der Waals surface area (Å²) in [7, 11) is 0. The smallest absolute Gasteiger partial charge is 0.326 e. The van der Waals surface area contributed by atoms with Gasteiger partial charge in [-0.3, -0.25) is 19.2 Å². The van der Waals surface area contributed by atoms with E-state index in [0.29, 0.717) is 5.56 Å². The zero-order valence-electron chi connectivity index (χ0n) is 15.4. The number of nitrogens with two attached hydrogens (primary N) is 2. The first-order valence-electron chi connectivity index (χ1n) is 8.48. The summed E-state index contributed by atoms with van der Waals surface area (Å²) in [5.74, 6) is -4.58. The number of hydrogen-bond donors (Lipinski definition) is 7. The van der Waals surface area contributed by atoms with E-state index in [9.17, 15) is 34.2 Å². The van der Waals surface area contributed by atoms with E-state index in [0.717, 1.165) is 0 Å². The second kappa shape index (κ2) is 11.2. The standard InChI is InChI=1S/C17H23N5O7/c18-7-14(25)20-8-15(26)21-11(6-13(19)24)16(27)22-12(17(28)29)5-9-1-3-10(23)4-2-9/h1-4,11-12,23H,5-8,18H2,(H2,19,24)(H,20,25)(H,21,26)(H,22,27)(H,28,29). The summed E-state index contributed by atoms with van der Waals surface area (Å²) in [4.78, 5) is 58.1. The molecule has 0 aliphatic heterocycles. The Hall–Kier alpha value is -3.67. The fraction of sp³-hybridized carbons (Fsp3) is 0.353. The number of nitrogens with one attached hydrogen (secondary N) is 3. The third-order valence-corrected chi connectivity index (χ3v) is 3.68. The number of primary amides is 1. The van der Waals surface area contributed by atoms with Crippen molar-refractivity contribution in [1.82, 2.24) is 16.0 Å². The highest BCUT2D eigenvalue weighted by atomic mass is 16.4. The summed E-state index contributed by atoms with van der Waals surface area (Å²) in [6.45, 7) is -0.829. The minimum Gasteiger partial charge on any atom is -0.508 e. The van der Waals surface area contributed by atoms with Gasteiger partial charge in [-0.1, -0.05) is 12.1 Å². The molecule has 2 unspecified atom stereocenters. The highest BCUT2D eigenvalue weighted by Crippen LogP contribution is 2.11. The molecule has 2 atom stereocenters. The van der Waals surface area contributed by atoms with Crippen molar-refractivity contribution in [2.45, 2.75) is 24.9 Å². The predicted octanol–water partition coefficient (Wildman–Crippen LogP) is -3.06. The van der Waals surface area contributed by atoms with Gasteiger partial charge in [0.2, 0.25) is 23.6 Å². The number of carbonyl (C=O) groups excluding carboxylic acids is 4. The molecule has 0 bridgehead atoms. The lowest BCUT2D eigenvalue weighted by Crippen LogP contribution is -2.54. The maximum absolute atomic E-state index is 12.4. The molecule has 29 heavy (non-hydrogen) atoms. The third kappa shape index (κ3) is 8.71. The summed E-state index contributed by atoms with van der Waals surface area (Å²) < 4.78 is 0. The van der Waals surface area contributed by atoms with Gasteiger partial charge in [0.1, 0.15) is 17.8 Å². The van der Waals surface area contributed by atoms with Crippen LogP contribution in [-0.2, 0) is 30.4 Å². The molecular weight excluding hydrogens is 386 g/mol. The number of phenolic OH excluding ortho intramolecular Hbond substituents is 1. The van der Waals surface area contributed by atoms with E-state index >= 15 is 0 Å². The van der Waals surface area contributed by atoms with Gasteiger partial charge in [-0.15, -0.1) is 0 Å². The SMILES string of the molecule is NCC(=O)NCC(=O)NC(CC(N)=O)C(=O)NC(Cc1ccc(O)cc1)C(=O)O. The molecule has 1 aromatic rings. The molecule has 0 saturated carbocycles. The predicted molar refractivity (Wildman–Crippen MR) is 99.2 cm³/mol. The number of rotatable bonds is 11. The number of carboxylic acids is 1. The molecule has 12 heteroatoms. The quantitative estimate of drug-likeness (QED) is 0.199. The van der Waals surface area contributed by atoms with E-state index in [-0.39, 0.29) is 18.7 Å². The van der Waals surface area contributed by atoms with Crippen LogP contribution in [0.1, 0.15) is 12.0 Å². The van der Waals surface area contributed by atoms with E-state index in [1.807, 2.05) is 0 Å². The summed E-state index contributed by atoms with van der Waals surface area (Å²) in [5, 5.41) is 25.3. The molecule has 0 radical (unpaired) electrons. The van der Waals surface area contributed by atoms with Crippen LogP contribution < -0.4 is 27.4 Å². The average Bonchev–Trinajstić information content (AvgIpc) is 2.66. The monoisotopic (exact) mass is 409 g/mol. The minimum atomic E-state index is -1.43. The van der Waals surface area contributed by atoms with Crippen LogP contribution in [0.3, 0.4) is 0 Å². The minimum absolute atomic E-state index is 0.00405. The number of carboxylic acid groups (broad SMARTS) is 1. The van der Waals surface area contributed by atoms with Crippen LogP contribution in [0.4, 0.5) is 0 Å². The molecule has 12 nitrogen and oxygen atoms in total. The van der Waals surface area contributed by atoms with Crippen LogP contribution in [0, 0.1) is 0 Å². The lowest BCUT2D eigenvalue weighted by molar-refractivity contribution is -0.142. The van der Waals surface area contributed by atoms with Crippen LogP contribution in [0.2, 0.25) is 0 Å². The zero-order chi connectivity index (χ0) is 22.0. The molecular formula is C17H23N5O7. The molecule has 0 heterocycles. The Kier molecular flexibility index (Phi) is 9.05. The van der Waals surface area contributed by atoms with E-state index in [4.69, 9.17) is 11.5 Å². The molecule has 0 saturated heterocycles. The third-order valence-electron chi connectivity index (χ3n) is 3.68. The Labute approximate surface area is 165 Å². The van der Waals surface area contributed by atoms with Crippen molar-refractivity contribution < 1.29 is 34.2 Å². The number of amides is 4. The Morgan fingerprint density at radius 1 is 0.966 bits per heavy atom. The summed E-state index contributed by atoms with van der Waals surface area (Å²) in [6, 6.07) is 2.90. The zero-order valence-corrected chi connectivity index (χ0v) is 15.4. The summed E-state index contributed by atoms with van der Waals surface area (Å²) >= 11 is 0. The summed E-state index contributed by atoms with van der Waals surface area (Å²) in [6.07, 6.45) is -0.681. The highest BCUT2D eigenvalue weighted by Gasteiger charge is 2.28. The Balaban J connectivity index is 2.80. The maximum Gasteiger partial charge on any atom is 0.326 e. The molecule has 0 spiro atoms. The molecule has 0 aliphatic rings. The molecule has 1 rings (SSSR count). The first kappa shape index (κ1) is 23.4. The van der Waals surface area contributed by atoms with Crippen molar-refractivity contribution >= 4 is 29.6 Å². The first-order chi connectivity index (χ1) is 13.6. The van der Waals surface area contributed by atoms with Gasteiger partial charge in [-0.05, 0) is 17.7 Å². The summed E-state index contributed by atoms with van der Waals surface area (Å²) in [5.41, 5.74) is 10.7. The number of aromatic hydroxyl groups is 1. The molecule has 0 fully saturated rings. The number of hydrogen-bond acceptors (Lipinski definition) is 7. The second-order valence-electron chi connectivity index (χ2n) is 6.04. The first-order valence-corrected chi connectivity index (χ1v) is 8.48. The molecule has 158 valence electrons. The van der Waals surface area contributed by atoms with Gasteiger partial charge in [0.05, 0.1) is 19.5 Å². The Morgan fingerprint density at radius 2 is 1.59 bits per heavy atom. The molecule has 4 amide bonds. The number of benzene rings is 1. The Morgan fingerprint density at radius 3 is 2.10 bits per heavy atom. The largest absolute Gasteiger partial charge is 0.508 e. The van der Waals surface area contributed by atoms with Crippen LogP contribution in [0.15, 0.2) is 24.3 Å². The normalized spacial score (nSPS) is 12.3. The topological polar surface area (TPSA) is 214 Å². The van der Waals surface area contributed by atoms with E-state index < -0.39 is 54.6 Å². The van der Waals surface area contributed by atoms with Crippen LogP contribution in [-0.4, -0.2) is 65.0 Å². The van der Waals surface area contributed by atoms with Gasteiger partial charge in [0.15, 0.2) is 0 Å². The van der Waals surface area contributed by atoms with E-state index in [1.165, 1.54) is 24.3 Å². The van der Waals surface area contributed by atoms with Crippen molar-refractivity contribution in [2.75, 3.05) is 13.1 Å². The molecule has 1 aromatic carbocycles. The van der Waals surface area contributed by atoms with Crippen molar-refractivity contribution in [1.29, 1.82) is 0 Å². The second-order valence-corrected chi connectivity index (χ2v) is 6.04. The molecule has 0 aromatic heterocycles. The highest BCUT2D eigenvalue weighted by molar-refractivity contribution is 5.94. The Bertz CT molecular complexity index is 766. The van der Waals surface area contributed by atoms with Crippen LogP contribution >= 0.6 is 0 Å². The number of aliphatic carboxylic acids is 1. The van der Waals surface area contributed by atoms with Crippen molar-refractivity contribution in [3.63, 3.8) is 0 Å². The van der Waals surface area contributed by atoms with Crippen LogP contribution in [0.25, 0.3) is 0 Å². The fourth-order valence-corrected chi connectivity index (χ4v) is 2.25. The van der Waals surface area contributed by atoms with Crippen molar-refractivity contribution in [2.24, 2.45) is 11.5 Å². The lowest BCUT2D eigenvalue weighted by Gasteiger charge is -2.21. The van der Waals surface area contributed by atoms with Gasteiger partial charge < -0.3 is 37.6 Å². The van der Waals surface area contributed by atoms with Gasteiger partial charge in [-0.2, -0.15) is 0 Å². The lowest BCUT2D eigenvalue weighted by atomic mass is 10.0. The van der Waals surface area contributed by atoms with E-state index in [1.54, 1.807) is 0 Å². The number of carbonyl (C=O) groups is 5. The molecule has 0 aliphatic carbocycles. The number of phenols is 1. The average molecular weight is 409 g/mol. The van der Waals surface area contributed by atoms with Crippen LogP contribution in [0.5, 0.6) is 5.75 Å². The van der Waals surface area contributed by atoms with Gasteiger partial charge in [0, 0.05) is 6.42 Å². The fourth-order valence-electron chi connectivity index (χ4n) is 2.25. The van der Waals surface area contributed by atoms with Gasteiger partial charge in [0.25, 0.3) is 0 Å². The van der Waals surface area contributed by atoms with Crippen molar-refractivity contribution in [3.8, 4) is 5.75 Å². The van der Waals surface area contributed by atoms with Gasteiger partial charge >= 0.3 is 5.97 Å². The maximum atomic E-state index is 12.4. The van der Waals surface area contributed by atoms with E-state index in [2.05, 4.69) is 16.0 Å². The van der Waals surface area contributed by atoms with Gasteiger partial charge in [-0.25, -0.2) is 4.79 Å². The van der Waals surface area contributed by atoms with Crippen molar-refractivity contribution in [3.05, 3.63) is 29.8 Å².